The molecular weight excluding hydrogens is 1420 g/mol. The molecule has 0 spiro atoms. The Labute approximate surface area is 638 Å². The maximum Gasteiger partial charge on any atom is 0.530 e. The number of carbonyl (C=O) groups is 4. The van der Waals surface area contributed by atoms with Gasteiger partial charge in [0.1, 0.15) is 69.7 Å². The summed E-state index contributed by atoms with van der Waals surface area (Å²) >= 11 is 14.6. The van der Waals surface area contributed by atoms with Gasteiger partial charge < -0.3 is 37.6 Å². The van der Waals surface area contributed by atoms with E-state index in [4.69, 9.17) is 66.2 Å². The smallest absolute Gasteiger partial charge is 0.508 e. The van der Waals surface area contributed by atoms with E-state index in [0.717, 1.165) is 66.8 Å². The predicted molar refractivity (Wildman–Crippen MR) is 426 cm³/mol. The molecule has 12 rings (SSSR count). The van der Waals surface area contributed by atoms with Crippen LogP contribution < -0.4 is 32.5 Å². The lowest BCUT2D eigenvalue weighted by molar-refractivity contribution is -0.134. The molecule has 4 aliphatic rings. The largest absolute Gasteiger partial charge is 0.530 e. The summed E-state index contributed by atoms with van der Waals surface area (Å²) in [5, 5.41) is 10.4. The Kier molecular flexibility index (Phi) is 22.3. The third-order valence-electron chi connectivity index (χ3n) is 19.8. The van der Waals surface area contributed by atoms with Gasteiger partial charge >= 0.3 is 32.5 Å². The number of phenols is 1. The lowest BCUT2D eigenvalue weighted by Gasteiger charge is -2.28. The molecule has 4 aliphatic heterocycles. The van der Waals surface area contributed by atoms with Gasteiger partial charge in [0.2, 0.25) is 0 Å². The average Bonchev–Trinajstić information content (AvgIpc) is 1.69. The molecule has 12 nitrogen and oxygen atoms in total. The van der Waals surface area contributed by atoms with E-state index in [1.54, 1.807) is 6.07 Å². The van der Waals surface area contributed by atoms with E-state index in [9.17, 15) is 24.3 Å². The van der Waals surface area contributed by atoms with E-state index in [1.807, 2.05) is 121 Å². The SMILES string of the molecule is CC(C)(C)c1ccc(O)c(C2C(=O)Oc3ccc(C(C)(C)C)cc32)c1.CC(C)(C)c1ccc2c(c1)C(c1cc(C(C)(C)C)ccc1OP(Oc1ccc(C(C)(C)C)cc1C1C(=O)Oc3ccc(C(C)(C)C)cc31)Oc1ccc(C(C)(C)C)cc1C1C(=O)Oc3ccc(C(C)(C)C)cc31)C(=O)O2.ClP(Cl)Cl. The van der Waals surface area contributed by atoms with Crippen LogP contribution in [0.1, 0.15) is 279 Å². The zero-order valence-corrected chi connectivity index (χ0v) is 69.2. The molecule has 105 heavy (non-hydrogen) atoms. The standard InChI is InChI=1S/C66H75O9P.C22H26O3.Cl3P/c1-61(2,3)37-19-25-49-43(31-37)55(58(67)70-49)46-34-40(64(10,11)12)22-28-52(46)73-76(74-53-29-23-41(65(13,14)15)35-47(53)56-44-32-38(62(4,5)6)20-26-50(44)71-59(56)68)75-54-30-24-42(66(16,17)18)36-48(54)57-45-33-39(63(7,8)9)21-27-51(45)72-60(57)69;1-21(2,3)13-7-9-17(23)15(11-13)19-16-12-14(22(4,5)6)8-10-18(16)25-20(19)24;1-4(2)3/h19-36,55-57H,1-18H3;7-12,19,23H,1-6H3;. The minimum absolute atomic E-state index is 0.0273. The molecule has 0 fully saturated rings. The predicted octanol–water partition coefficient (Wildman–Crippen LogP) is 24.4. The van der Waals surface area contributed by atoms with Gasteiger partial charge in [-0.25, -0.2) is 0 Å². The van der Waals surface area contributed by atoms with Crippen LogP contribution in [0, 0.1) is 0 Å². The minimum atomic E-state index is -2.57. The molecule has 0 radical (unpaired) electrons. The second-order valence-corrected chi connectivity index (χ2v) is 42.1. The van der Waals surface area contributed by atoms with Gasteiger partial charge in [-0.05, 0) is 136 Å². The Morgan fingerprint density at radius 1 is 0.276 bits per heavy atom. The molecule has 0 saturated carbocycles. The molecule has 4 unspecified atom stereocenters. The number of phenolic OH excluding ortho intramolecular Hbond substituents is 1. The third kappa shape index (κ3) is 17.8. The summed E-state index contributed by atoms with van der Waals surface area (Å²) in [6.45, 7) is 51.2. The molecule has 0 bridgehead atoms. The average molecular weight is 1520 g/mol. The van der Waals surface area contributed by atoms with Gasteiger partial charge in [-0.15, -0.1) is 0 Å². The monoisotopic (exact) mass is 1520 g/mol. The van der Waals surface area contributed by atoms with Crippen molar-refractivity contribution in [2.24, 2.45) is 0 Å². The van der Waals surface area contributed by atoms with Gasteiger partial charge in [0, 0.05) is 44.5 Å². The van der Waals surface area contributed by atoms with Crippen LogP contribution in [0.2, 0.25) is 0 Å². The Bertz CT molecular complexity index is 4340. The summed E-state index contributed by atoms with van der Waals surface area (Å²) in [5.74, 6) is -2.71. The highest BCUT2D eigenvalue weighted by Gasteiger charge is 2.45. The van der Waals surface area contributed by atoms with Crippen molar-refractivity contribution in [3.8, 4) is 46.0 Å². The molecule has 4 atom stereocenters. The minimum Gasteiger partial charge on any atom is -0.508 e. The van der Waals surface area contributed by atoms with E-state index in [-0.39, 0.29) is 55.0 Å². The second kappa shape index (κ2) is 29.3. The van der Waals surface area contributed by atoms with E-state index in [0.29, 0.717) is 62.5 Å². The fourth-order valence-corrected chi connectivity index (χ4v) is 14.3. The van der Waals surface area contributed by atoms with Crippen LogP contribution in [0.4, 0.5) is 0 Å². The van der Waals surface area contributed by atoms with E-state index in [2.05, 4.69) is 184 Å². The van der Waals surface area contributed by atoms with Gasteiger partial charge in [-0.1, -0.05) is 297 Å². The van der Waals surface area contributed by atoms with E-state index < -0.39 is 56.2 Å². The zero-order chi connectivity index (χ0) is 77.6. The van der Waals surface area contributed by atoms with E-state index in [1.165, 1.54) is 0 Å². The maximum atomic E-state index is 14.4. The number of rotatable bonds is 10. The number of benzene rings is 8. The molecule has 8 aromatic rings. The van der Waals surface area contributed by atoms with Crippen molar-refractivity contribution in [3.05, 3.63) is 235 Å². The van der Waals surface area contributed by atoms with Crippen LogP contribution in [0.25, 0.3) is 0 Å². The summed E-state index contributed by atoms with van der Waals surface area (Å²) in [7, 11) is -2.57. The number of ether oxygens (including phenoxy) is 4. The van der Waals surface area contributed by atoms with Crippen LogP contribution in [-0.4, -0.2) is 29.0 Å². The van der Waals surface area contributed by atoms with Gasteiger partial charge in [-0.2, -0.15) is 0 Å². The second-order valence-electron chi connectivity index (χ2n) is 36.1. The molecule has 8 aromatic carbocycles. The Balaban J connectivity index is 0.000000338. The molecule has 556 valence electrons. The van der Waals surface area contributed by atoms with Gasteiger partial charge in [0.05, 0.1) is 0 Å². The molecule has 1 N–H and O–H groups in total. The molecule has 0 amide bonds. The van der Waals surface area contributed by atoms with Crippen LogP contribution in [0.15, 0.2) is 146 Å². The quantitative estimate of drug-likeness (QED) is 0.0788. The van der Waals surface area contributed by atoms with Crippen molar-refractivity contribution in [1.29, 1.82) is 0 Å². The van der Waals surface area contributed by atoms with Crippen molar-refractivity contribution >= 4 is 72.2 Å². The maximum absolute atomic E-state index is 14.4. The Morgan fingerprint density at radius 2 is 0.448 bits per heavy atom. The lowest BCUT2D eigenvalue weighted by atomic mass is 9.81. The first-order valence-corrected chi connectivity index (χ1v) is 40.9. The van der Waals surface area contributed by atoms with Gasteiger partial charge in [-0.3, -0.25) is 19.2 Å². The van der Waals surface area contributed by atoms with Crippen molar-refractivity contribution < 1.29 is 56.8 Å². The summed E-state index contributed by atoms with van der Waals surface area (Å²) in [5.41, 5.74) is 12.1. The zero-order valence-electron chi connectivity index (χ0n) is 65.1. The van der Waals surface area contributed by atoms with Crippen molar-refractivity contribution in [3.63, 3.8) is 0 Å². The number of hydrogen-bond acceptors (Lipinski definition) is 12. The Morgan fingerprint density at radius 3 is 0.657 bits per heavy atom. The molecule has 17 heteroatoms. The van der Waals surface area contributed by atoms with Crippen molar-refractivity contribution in [2.75, 3.05) is 0 Å². The molecule has 4 heterocycles. The summed E-state index contributed by atoms with van der Waals surface area (Å²) in [6, 6.07) is 47.0. The van der Waals surface area contributed by atoms with Crippen LogP contribution in [0.3, 0.4) is 0 Å². The first-order chi connectivity index (χ1) is 48.4. The number of hydrogen-bond donors (Lipinski definition) is 1. The highest BCUT2D eigenvalue weighted by molar-refractivity contribution is 8.20. The van der Waals surface area contributed by atoms with Crippen LogP contribution >= 0.6 is 48.3 Å². The van der Waals surface area contributed by atoms with Crippen LogP contribution in [-0.2, 0) is 62.5 Å². The fourth-order valence-electron chi connectivity index (χ4n) is 13.2. The number of esters is 4. The van der Waals surface area contributed by atoms with Crippen molar-refractivity contribution in [2.45, 2.75) is 233 Å². The number of carbonyl (C=O) groups excluding carboxylic acids is 4. The molecular formula is C88H101Cl3O12P2. The van der Waals surface area contributed by atoms with Crippen molar-refractivity contribution in [1.82, 2.24) is 0 Å². The number of fused-ring (bicyclic) bond motifs is 4. The normalized spacial score (nSPS) is 17.6. The first-order valence-electron chi connectivity index (χ1n) is 35.7. The van der Waals surface area contributed by atoms with Gasteiger partial charge in [0.15, 0.2) is 5.98 Å². The summed E-state index contributed by atoms with van der Waals surface area (Å²) < 4.78 is 45.3. The summed E-state index contributed by atoms with van der Waals surface area (Å²) in [4.78, 5) is 55.8. The molecule has 0 aliphatic carbocycles. The van der Waals surface area contributed by atoms with Crippen LogP contribution in [0.5, 0.6) is 46.0 Å². The number of aromatic hydroxyl groups is 1. The third-order valence-corrected chi connectivity index (χ3v) is 20.9. The lowest BCUT2D eigenvalue weighted by Crippen LogP contribution is -2.19. The Hall–Kier alpha value is -7.43. The summed E-state index contributed by atoms with van der Waals surface area (Å²) in [6.07, 6.45) is 0. The molecule has 0 saturated heterocycles. The molecule has 0 aromatic heterocycles. The highest BCUT2D eigenvalue weighted by atomic mass is 36.0. The highest BCUT2D eigenvalue weighted by Crippen LogP contribution is 2.56. The fraction of sp³-hybridized carbons (Fsp3) is 0.409. The number of halogens is 3. The first kappa shape index (κ1) is 80.1. The topological polar surface area (TPSA) is 153 Å². The van der Waals surface area contributed by atoms with Gasteiger partial charge in [0.25, 0.3) is 0 Å². The van der Waals surface area contributed by atoms with E-state index >= 15 is 0 Å².